The van der Waals surface area contributed by atoms with Crippen LogP contribution in [0.5, 0.6) is 5.75 Å². The third kappa shape index (κ3) is 5.88. The second-order valence-corrected chi connectivity index (χ2v) is 6.77. The summed E-state index contributed by atoms with van der Waals surface area (Å²) >= 11 is 0. The molecule has 0 aromatic heterocycles. The number of hydrogen-bond acceptors (Lipinski definition) is 3. The van der Waals surface area contributed by atoms with Gasteiger partial charge in [-0.3, -0.25) is 4.79 Å². The minimum absolute atomic E-state index is 0.0593. The average Bonchev–Trinajstić information content (AvgIpc) is 2.63. The van der Waals surface area contributed by atoms with Gasteiger partial charge < -0.3 is 14.8 Å². The van der Waals surface area contributed by atoms with Crippen LogP contribution < -0.4 is 10.1 Å². The van der Waals surface area contributed by atoms with Crippen LogP contribution in [-0.2, 0) is 11.3 Å². The molecular weight excluding hydrogens is 326 g/mol. The lowest BCUT2D eigenvalue weighted by Gasteiger charge is -2.16. The molecule has 1 amide bonds. The molecule has 0 aliphatic carbocycles. The smallest absolute Gasteiger partial charge is 0.251 e. The van der Waals surface area contributed by atoms with Gasteiger partial charge in [-0.2, -0.15) is 0 Å². The summed E-state index contributed by atoms with van der Waals surface area (Å²) < 4.78 is 11.4. The van der Waals surface area contributed by atoms with Gasteiger partial charge in [0.15, 0.2) is 0 Å². The molecule has 0 heterocycles. The monoisotopic (exact) mass is 355 g/mol. The van der Waals surface area contributed by atoms with Gasteiger partial charge in [0.2, 0.25) is 0 Å². The number of carbonyl (C=O) groups excluding carboxylic acids is 1. The van der Waals surface area contributed by atoms with E-state index in [4.69, 9.17) is 9.47 Å². The number of ether oxygens (including phenoxy) is 2. The first kappa shape index (κ1) is 20.0. The lowest BCUT2D eigenvalue weighted by Crippen LogP contribution is -2.26. The molecule has 4 heteroatoms. The molecule has 2 rings (SSSR count). The number of carbonyl (C=O) groups is 1. The molecule has 0 unspecified atom stereocenters. The second kappa shape index (κ2) is 9.97. The van der Waals surface area contributed by atoms with Crippen molar-refractivity contribution < 1.29 is 14.3 Å². The van der Waals surface area contributed by atoms with Crippen LogP contribution in [-0.4, -0.2) is 19.1 Å². The highest BCUT2D eigenvalue weighted by atomic mass is 16.5. The van der Waals surface area contributed by atoms with E-state index in [1.165, 1.54) is 0 Å². The Morgan fingerprint density at radius 2 is 1.81 bits per heavy atom. The van der Waals surface area contributed by atoms with Gasteiger partial charge in [0.05, 0.1) is 19.3 Å². The molecule has 0 aliphatic heterocycles. The summed E-state index contributed by atoms with van der Waals surface area (Å²) in [4.78, 5) is 12.6. The zero-order valence-electron chi connectivity index (χ0n) is 16.1. The van der Waals surface area contributed by atoms with E-state index in [1.807, 2.05) is 56.3 Å². The average molecular weight is 355 g/mol. The fourth-order valence-corrected chi connectivity index (χ4v) is 2.64. The number of benzene rings is 2. The molecule has 0 aliphatic rings. The number of rotatable bonds is 9. The van der Waals surface area contributed by atoms with Crippen LogP contribution in [0.15, 0.2) is 48.5 Å². The standard InChI is InChI=1S/C22H29NO3/c1-5-26-21-12-11-19(13-20(21)15-25-14-16(2)3)22(24)23-17(4)18-9-7-6-8-10-18/h6-13,16-17H,5,14-15H2,1-4H3,(H,23,24)/t17-/m1/s1. The van der Waals surface area contributed by atoms with Crippen LogP contribution in [0.1, 0.15) is 55.2 Å². The molecule has 1 atom stereocenters. The number of hydrogen-bond donors (Lipinski definition) is 1. The summed E-state index contributed by atoms with van der Waals surface area (Å²) in [6, 6.07) is 15.4. The normalized spacial score (nSPS) is 12.0. The van der Waals surface area contributed by atoms with Crippen molar-refractivity contribution in [2.24, 2.45) is 5.92 Å². The molecule has 1 N–H and O–H groups in total. The topological polar surface area (TPSA) is 47.6 Å². The van der Waals surface area contributed by atoms with E-state index in [0.717, 1.165) is 16.9 Å². The predicted octanol–water partition coefficient (Wildman–Crippen LogP) is 4.75. The highest BCUT2D eigenvalue weighted by Crippen LogP contribution is 2.22. The minimum Gasteiger partial charge on any atom is -0.494 e. The fourth-order valence-electron chi connectivity index (χ4n) is 2.64. The number of amides is 1. The molecule has 0 saturated carbocycles. The molecule has 26 heavy (non-hydrogen) atoms. The predicted molar refractivity (Wildman–Crippen MR) is 104 cm³/mol. The first-order chi connectivity index (χ1) is 12.5. The number of nitrogens with one attached hydrogen (secondary N) is 1. The van der Waals surface area contributed by atoms with E-state index in [1.54, 1.807) is 6.07 Å². The highest BCUT2D eigenvalue weighted by molar-refractivity contribution is 5.94. The first-order valence-electron chi connectivity index (χ1n) is 9.20. The molecule has 2 aromatic carbocycles. The van der Waals surface area contributed by atoms with E-state index in [0.29, 0.717) is 31.3 Å². The van der Waals surface area contributed by atoms with Gasteiger partial charge in [0.25, 0.3) is 5.91 Å². The molecule has 0 radical (unpaired) electrons. The third-order valence-electron chi connectivity index (χ3n) is 3.98. The van der Waals surface area contributed by atoms with Crippen molar-refractivity contribution in [3.05, 3.63) is 65.2 Å². The van der Waals surface area contributed by atoms with Crippen molar-refractivity contribution in [3.63, 3.8) is 0 Å². The van der Waals surface area contributed by atoms with E-state index < -0.39 is 0 Å². The van der Waals surface area contributed by atoms with Gasteiger partial charge in [0, 0.05) is 17.7 Å². The van der Waals surface area contributed by atoms with Crippen LogP contribution in [0.25, 0.3) is 0 Å². The van der Waals surface area contributed by atoms with Gasteiger partial charge in [-0.1, -0.05) is 44.2 Å². The largest absolute Gasteiger partial charge is 0.494 e. The zero-order chi connectivity index (χ0) is 18.9. The van der Waals surface area contributed by atoms with Gasteiger partial charge in [-0.25, -0.2) is 0 Å². The summed E-state index contributed by atoms with van der Waals surface area (Å²) in [6.45, 7) is 9.83. The quantitative estimate of drug-likeness (QED) is 0.706. The Morgan fingerprint density at radius 3 is 2.46 bits per heavy atom. The van der Waals surface area contributed by atoms with Gasteiger partial charge >= 0.3 is 0 Å². The molecule has 0 saturated heterocycles. The lowest BCUT2D eigenvalue weighted by atomic mass is 10.1. The molecular formula is C22H29NO3. The SMILES string of the molecule is CCOc1ccc(C(=O)N[C@H](C)c2ccccc2)cc1COCC(C)C. The van der Waals surface area contributed by atoms with Crippen molar-refractivity contribution in [3.8, 4) is 5.75 Å². The summed E-state index contributed by atoms with van der Waals surface area (Å²) in [5.74, 6) is 1.13. The van der Waals surface area contributed by atoms with Crippen LogP contribution >= 0.6 is 0 Å². The van der Waals surface area contributed by atoms with Crippen molar-refractivity contribution >= 4 is 5.91 Å². The Kier molecular flexibility index (Phi) is 7.67. The van der Waals surface area contributed by atoms with Crippen LogP contribution in [0.2, 0.25) is 0 Å². The Labute approximate surface area is 156 Å². The molecule has 2 aromatic rings. The Hall–Kier alpha value is -2.33. The van der Waals surface area contributed by atoms with Crippen LogP contribution in [0.3, 0.4) is 0 Å². The Balaban J connectivity index is 2.10. The molecule has 4 nitrogen and oxygen atoms in total. The maximum absolute atomic E-state index is 12.6. The van der Waals surface area contributed by atoms with E-state index in [2.05, 4.69) is 19.2 Å². The van der Waals surface area contributed by atoms with Gasteiger partial charge in [0.1, 0.15) is 5.75 Å². The van der Waals surface area contributed by atoms with Gasteiger partial charge in [-0.15, -0.1) is 0 Å². The maximum atomic E-state index is 12.6. The van der Waals surface area contributed by atoms with Crippen molar-refractivity contribution in [2.45, 2.75) is 40.3 Å². The van der Waals surface area contributed by atoms with E-state index in [9.17, 15) is 4.79 Å². The lowest BCUT2D eigenvalue weighted by molar-refractivity contribution is 0.0928. The molecule has 140 valence electrons. The highest BCUT2D eigenvalue weighted by Gasteiger charge is 2.14. The molecule has 0 fully saturated rings. The van der Waals surface area contributed by atoms with E-state index in [-0.39, 0.29) is 11.9 Å². The van der Waals surface area contributed by atoms with Crippen LogP contribution in [0.4, 0.5) is 0 Å². The minimum atomic E-state index is -0.102. The molecule has 0 spiro atoms. The summed E-state index contributed by atoms with van der Waals surface area (Å²) in [5, 5.41) is 3.04. The third-order valence-corrected chi connectivity index (χ3v) is 3.98. The van der Waals surface area contributed by atoms with Crippen LogP contribution in [0, 0.1) is 5.92 Å². The maximum Gasteiger partial charge on any atom is 0.251 e. The van der Waals surface area contributed by atoms with Crippen molar-refractivity contribution in [2.75, 3.05) is 13.2 Å². The van der Waals surface area contributed by atoms with Gasteiger partial charge in [-0.05, 0) is 43.5 Å². The van der Waals surface area contributed by atoms with Crippen molar-refractivity contribution in [1.82, 2.24) is 5.32 Å². The van der Waals surface area contributed by atoms with Crippen molar-refractivity contribution in [1.29, 1.82) is 0 Å². The molecule has 0 bridgehead atoms. The van der Waals surface area contributed by atoms with E-state index >= 15 is 0 Å². The fraction of sp³-hybridized carbons (Fsp3) is 0.409. The Morgan fingerprint density at radius 1 is 1.08 bits per heavy atom. The summed E-state index contributed by atoms with van der Waals surface area (Å²) in [7, 11) is 0. The zero-order valence-corrected chi connectivity index (χ0v) is 16.1. The second-order valence-electron chi connectivity index (χ2n) is 6.77. The summed E-state index contributed by atoms with van der Waals surface area (Å²) in [5.41, 5.74) is 2.58. The summed E-state index contributed by atoms with van der Waals surface area (Å²) in [6.07, 6.45) is 0. The first-order valence-corrected chi connectivity index (χ1v) is 9.20. The Bertz CT molecular complexity index is 698.